The van der Waals surface area contributed by atoms with Crippen LogP contribution in [0.3, 0.4) is 0 Å². The zero-order valence-corrected chi connectivity index (χ0v) is 11.5. The summed E-state index contributed by atoms with van der Waals surface area (Å²) in [5.41, 5.74) is 2.98. The fourth-order valence-corrected chi connectivity index (χ4v) is 2.82. The monoisotopic (exact) mass is 293 g/mol. The van der Waals surface area contributed by atoms with E-state index in [1.807, 2.05) is 0 Å². The predicted octanol–water partition coefficient (Wildman–Crippen LogP) is -0.560. The van der Waals surface area contributed by atoms with Crippen molar-refractivity contribution in [2.24, 2.45) is 0 Å². The number of piperidine rings is 1. The summed E-state index contributed by atoms with van der Waals surface area (Å²) in [5, 5.41) is 10.6. The van der Waals surface area contributed by atoms with Crippen molar-refractivity contribution in [2.45, 2.75) is 30.9 Å². The molecular weight excluding hydrogens is 272 g/mol. The zero-order valence-electron chi connectivity index (χ0n) is 11.5. The molecule has 2 N–H and O–H groups in total. The van der Waals surface area contributed by atoms with Gasteiger partial charge >= 0.3 is 0 Å². The van der Waals surface area contributed by atoms with Gasteiger partial charge in [0.1, 0.15) is 12.1 Å². The highest BCUT2D eigenvalue weighted by atomic mass is 19.3. The average Bonchev–Trinajstić information content (AvgIpc) is 2.85. The molecular formula is C12H21F2N3O3. The van der Waals surface area contributed by atoms with Crippen molar-refractivity contribution in [1.29, 1.82) is 0 Å². The third-order valence-corrected chi connectivity index (χ3v) is 3.86. The molecule has 2 aliphatic heterocycles. The van der Waals surface area contributed by atoms with Crippen molar-refractivity contribution >= 4 is 5.91 Å². The molecule has 2 saturated heterocycles. The van der Waals surface area contributed by atoms with Gasteiger partial charge in [-0.05, 0) is 12.8 Å². The summed E-state index contributed by atoms with van der Waals surface area (Å²) in [5.74, 6) is -3.33. The van der Waals surface area contributed by atoms with E-state index in [9.17, 15) is 13.6 Å². The second kappa shape index (κ2) is 6.30. The summed E-state index contributed by atoms with van der Waals surface area (Å²) in [6.45, 7) is 0.506. The molecule has 20 heavy (non-hydrogen) atoms. The van der Waals surface area contributed by atoms with Gasteiger partial charge in [0.05, 0.1) is 13.2 Å². The quantitative estimate of drug-likeness (QED) is 0.727. The van der Waals surface area contributed by atoms with Crippen molar-refractivity contribution in [3.8, 4) is 0 Å². The Bertz CT molecular complexity index is 357. The summed E-state index contributed by atoms with van der Waals surface area (Å²) in [6.07, 6.45) is -0.425. The van der Waals surface area contributed by atoms with Gasteiger partial charge in [-0.2, -0.15) is 0 Å². The second-order valence-corrected chi connectivity index (χ2v) is 5.16. The highest BCUT2D eigenvalue weighted by molar-refractivity contribution is 5.82. The fraction of sp³-hybridized carbons (Fsp3) is 0.917. The lowest BCUT2D eigenvalue weighted by Crippen LogP contribution is -2.58. The van der Waals surface area contributed by atoms with E-state index in [0.29, 0.717) is 19.5 Å². The van der Waals surface area contributed by atoms with Crippen LogP contribution in [0.1, 0.15) is 12.8 Å². The normalized spacial score (nSPS) is 30.7. The molecule has 2 fully saturated rings. The maximum absolute atomic E-state index is 13.8. The van der Waals surface area contributed by atoms with Crippen LogP contribution in [0.4, 0.5) is 8.78 Å². The van der Waals surface area contributed by atoms with Crippen molar-refractivity contribution in [1.82, 2.24) is 15.3 Å². The number of aliphatic hydroxyl groups excluding tert-OH is 1. The third-order valence-electron chi connectivity index (χ3n) is 3.86. The van der Waals surface area contributed by atoms with Gasteiger partial charge in [0.2, 0.25) is 5.91 Å². The number of hydrazine groups is 1. The van der Waals surface area contributed by atoms with Gasteiger partial charge in [0, 0.05) is 26.7 Å². The maximum atomic E-state index is 13.8. The van der Waals surface area contributed by atoms with E-state index in [1.54, 1.807) is 5.01 Å². The fourth-order valence-electron chi connectivity index (χ4n) is 2.82. The molecule has 0 spiro atoms. The number of hydrogen-bond acceptors (Lipinski definition) is 5. The topological polar surface area (TPSA) is 65.0 Å². The number of likely N-dealkylation sites (tertiary alicyclic amines) is 1. The number of methoxy groups -OCH3 is 1. The number of nitrogens with zero attached hydrogens (tertiary/aromatic N) is 2. The molecule has 0 aliphatic carbocycles. The highest BCUT2D eigenvalue weighted by Gasteiger charge is 2.47. The van der Waals surface area contributed by atoms with E-state index in [4.69, 9.17) is 9.84 Å². The van der Waals surface area contributed by atoms with Crippen molar-refractivity contribution < 1.29 is 23.4 Å². The van der Waals surface area contributed by atoms with Crippen LogP contribution >= 0.6 is 0 Å². The SMILES string of the molecule is CO[C@H]1CCN(C(=O)C2CCNN2CCO)CC1(F)F. The Kier molecular flexibility index (Phi) is 4.90. The summed E-state index contributed by atoms with van der Waals surface area (Å²) in [7, 11) is 1.26. The maximum Gasteiger partial charge on any atom is 0.290 e. The first kappa shape index (κ1) is 15.6. The van der Waals surface area contributed by atoms with E-state index in [1.165, 1.54) is 12.0 Å². The number of β-amino-alcohol motifs (C(OH)–C–C–N with tert-alkyl or cyclic N) is 1. The zero-order chi connectivity index (χ0) is 14.8. The number of aliphatic hydroxyl groups is 1. The summed E-state index contributed by atoms with van der Waals surface area (Å²) < 4.78 is 32.4. The number of amides is 1. The van der Waals surface area contributed by atoms with Crippen LogP contribution in [0.15, 0.2) is 0 Å². The van der Waals surface area contributed by atoms with Crippen LogP contribution < -0.4 is 5.43 Å². The lowest BCUT2D eigenvalue weighted by atomic mass is 10.0. The predicted molar refractivity (Wildman–Crippen MR) is 67.1 cm³/mol. The van der Waals surface area contributed by atoms with Gasteiger partial charge in [-0.25, -0.2) is 13.8 Å². The number of ether oxygens (including phenoxy) is 1. The van der Waals surface area contributed by atoms with Crippen LogP contribution in [0.5, 0.6) is 0 Å². The van der Waals surface area contributed by atoms with E-state index >= 15 is 0 Å². The van der Waals surface area contributed by atoms with Gasteiger partial charge in [0.25, 0.3) is 5.92 Å². The largest absolute Gasteiger partial charge is 0.395 e. The van der Waals surface area contributed by atoms with Gasteiger partial charge in [-0.3, -0.25) is 10.2 Å². The molecule has 0 aromatic carbocycles. The first-order valence-electron chi connectivity index (χ1n) is 6.80. The molecule has 0 aromatic rings. The Morgan fingerprint density at radius 2 is 2.25 bits per heavy atom. The van der Waals surface area contributed by atoms with E-state index < -0.39 is 24.6 Å². The third kappa shape index (κ3) is 3.08. The Hall–Kier alpha value is -0.830. The number of carbonyl (C=O) groups excluding carboxylic acids is 1. The van der Waals surface area contributed by atoms with Gasteiger partial charge in [-0.15, -0.1) is 0 Å². The molecule has 116 valence electrons. The highest BCUT2D eigenvalue weighted by Crippen LogP contribution is 2.30. The molecule has 2 atom stereocenters. The molecule has 2 aliphatic rings. The Morgan fingerprint density at radius 1 is 1.50 bits per heavy atom. The molecule has 0 bridgehead atoms. The van der Waals surface area contributed by atoms with Gasteiger partial charge < -0.3 is 14.7 Å². The molecule has 6 nitrogen and oxygen atoms in total. The number of nitrogens with one attached hydrogen (secondary N) is 1. The summed E-state index contributed by atoms with van der Waals surface area (Å²) >= 11 is 0. The Morgan fingerprint density at radius 3 is 2.85 bits per heavy atom. The van der Waals surface area contributed by atoms with Crippen LogP contribution in [-0.2, 0) is 9.53 Å². The Labute approximate surface area is 116 Å². The minimum Gasteiger partial charge on any atom is -0.395 e. The molecule has 0 saturated carbocycles. The molecule has 2 rings (SSSR count). The standard InChI is InChI=1S/C12H21F2N3O3/c1-20-10-3-5-16(8-12(10,13)14)11(19)9-2-4-15-17(9)6-7-18/h9-10,15,18H,2-8H2,1H3/t9?,10-/m0/s1. The molecule has 0 radical (unpaired) electrons. The smallest absolute Gasteiger partial charge is 0.290 e. The molecule has 0 aromatic heterocycles. The van der Waals surface area contributed by atoms with Gasteiger partial charge in [0.15, 0.2) is 0 Å². The summed E-state index contributed by atoms with van der Waals surface area (Å²) in [4.78, 5) is 13.6. The average molecular weight is 293 g/mol. The molecule has 2 heterocycles. The first-order valence-corrected chi connectivity index (χ1v) is 6.80. The van der Waals surface area contributed by atoms with Gasteiger partial charge in [-0.1, -0.05) is 0 Å². The number of carbonyl (C=O) groups is 1. The minimum atomic E-state index is -3.02. The number of halogens is 2. The van der Waals surface area contributed by atoms with E-state index in [0.717, 1.165) is 0 Å². The van der Waals surface area contributed by atoms with Crippen molar-refractivity contribution in [3.05, 3.63) is 0 Å². The number of rotatable bonds is 4. The first-order chi connectivity index (χ1) is 9.49. The number of alkyl halides is 2. The van der Waals surface area contributed by atoms with E-state index in [-0.39, 0.29) is 25.5 Å². The van der Waals surface area contributed by atoms with Crippen LogP contribution in [-0.4, -0.2) is 78.9 Å². The van der Waals surface area contributed by atoms with Crippen molar-refractivity contribution in [3.63, 3.8) is 0 Å². The molecule has 1 amide bonds. The summed E-state index contributed by atoms with van der Waals surface area (Å²) in [6, 6.07) is -0.475. The van der Waals surface area contributed by atoms with E-state index in [2.05, 4.69) is 5.43 Å². The minimum absolute atomic E-state index is 0.0846. The lowest BCUT2D eigenvalue weighted by molar-refractivity contribution is -0.175. The van der Waals surface area contributed by atoms with Crippen LogP contribution in [0.2, 0.25) is 0 Å². The lowest BCUT2D eigenvalue weighted by Gasteiger charge is -2.39. The van der Waals surface area contributed by atoms with Crippen LogP contribution in [0, 0.1) is 0 Å². The molecule has 8 heteroatoms. The van der Waals surface area contributed by atoms with Crippen molar-refractivity contribution in [2.75, 3.05) is 39.9 Å². The second-order valence-electron chi connectivity index (χ2n) is 5.16. The molecule has 1 unspecified atom stereocenters. The number of hydrogen-bond donors (Lipinski definition) is 2. The van der Waals surface area contributed by atoms with Crippen LogP contribution in [0.25, 0.3) is 0 Å². The Balaban J connectivity index is 1.99.